The van der Waals surface area contributed by atoms with Crippen LogP contribution in [0.25, 0.3) is 0 Å². The van der Waals surface area contributed by atoms with Crippen molar-refractivity contribution in [3.05, 3.63) is 12.3 Å². The Morgan fingerprint density at radius 1 is 1.56 bits per heavy atom. The number of nitrogens with zero attached hydrogens (tertiary/aromatic N) is 2. The molecule has 16 heavy (non-hydrogen) atoms. The molecular formula is C11H19N3OS. The molecule has 1 heterocycles. The molecule has 90 valence electrons. The van der Waals surface area contributed by atoms with Crippen LogP contribution in [0.3, 0.4) is 0 Å². The Morgan fingerprint density at radius 2 is 2.38 bits per heavy atom. The lowest BCUT2D eigenvalue weighted by Crippen LogP contribution is -2.05. The van der Waals surface area contributed by atoms with Crippen LogP contribution in [0.2, 0.25) is 0 Å². The molecule has 0 bridgehead atoms. The lowest BCUT2D eigenvalue weighted by Gasteiger charge is -2.09. The molecule has 1 atom stereocenters. The van der Waals surface area contributed by atoms with Crippen molar-refractivity contribution in [3.8, 4) is 0 Å². The van der Waals surface area contributed by atoms with Gasteiger partial charge in [0.05, 0.1) is 0 Å². The van der Waals surface area contributed by atoms with E-state index in [1.54, 1.807) is 18.0 Å². The monoisotopic (exact) mass is 241 g/mol. The van der Waals surface area contributed by atoms with Crippen molar-refractivity contribution >= 4 is 17.7 Å². The fraction of sp³-hybridized carbons (Fsp3) is 0.636. The number of aliphatic hydroxyl groups excluding tert-OH is 1. The Bertz CT molecular complexity index is 309. The van der Waals surface area contributed by atoms with Crippen molar-refractivity contribution in [1.29, 1.82) is 0 Å². The van der Waals surface area contributed by atoms with Gasteiger partial charge in [0.15, 0.2) is 0 Å². The highest BCUT2D eigenvalue weighted by molar-refractivity contribution is 7.99. The SMILES string of the molecule is CCCNc1nccc(SC(C)CCO)n1. The summed E-state index contributed by atoms with van der Waals surface area (Å²) in [6, 6.07) is 1.90. The molecule has 0 amide bonds. The number of hydrogen-bond donors (Lipinski definition) is 2. The molecule has 1 rings (SSSR count). The predicted octanol–water partition coefficient (Wildman–Crippen LogP) is 2.16. The molecule has 1 aromatic rings. The fourth-order valence-corrected chi connectivity index (χ4v) is 2.09. The molecule has 0 saturated heterocycles. The summed E-state index contributed by atoms with van der Waals surface area (Å²) in [7, 11) is 0. The molecule has 0 saturated carbocycles. The Kier molecular flexibility index (Phi) is 6.18. The number of rotatable bonds is 7. The molecule has 1 aromatic heterocycles. The van der Waals surface area contributed by atoms with Crippen LogP contribution < -0.4 is 5.32 Å². The van der Waals surface area contributed by atoms with Gasteiger partial charge in [0.2, 0.25) is 5.95 Å². The quantitative estimate of drug-likeness (QED) is 0.566. The molecule has 4 nitrogen and oxygen atoms in total. The fourth-order valence-electron chi connectivity index (χ4n) is 1.18. The van der Waals surface area contributed by atoms with E-state index in [-0.39, 0.29) is 6.61 Å². The number of nitrogens with one attached hydrogen (secondary N) is 1. The van der Waals surface area contributed by atoms with Crippen LogP contribution in [-0.4, -0.2) is 33.5 Å². The highest BCUT2D eigenvalue weighted by atomic mass is 32.2. The number of hydrogen-bond acceptors (Lipinski definition) is 5. The molecule has 0 fully saturated rings. The van der Waals surface area contributed by atoms with Crippen molar-refractivity contribution < 1.29 is 5.11 Å². The van der Waals surface area contributed by atoms with Gasteiger partial charge >= 0.3 is 0 Å². The smallest absolute Gasteiger partial charge is 0.223 e. The highest BCUT2D eigenvalue weighted by Crippen LogP contribution is 2.23. The minimum atomic E-state index is 0.222. The number of anilines is 1. The second-order valence-electron chi connectivity index (χ2n) is 3.59. The van der Waals surface area contributed by atoms with Crippen LogP contribution in [0.5, 0.6) is 0 Å². The second-order valence-corrected chi connectivity index (χ2v) is 5.04. The zero-order valence-corrected chi connectivity index (χ0v) is 10.6. The standard InChI is InChI=1S/C11H19N3OS/c1-3-6-12-11-13-7-4-10(14-11)16-9(2)5-8-15/h4,7,9,15H,3,5-6,8H2,1-2H3,(H,12,13,14). The maximum absolute atomic E-state index is 8.83. The molecule has 1 unspecified atom stereocenters. The second kappa shape index (κ2) is 7.46. The Morgan fingerprint density at radius 3 is 3.06 bits per heavy atom. The zero-order chi connectivity index (χ0) is 11.8. The predicted molar refractivity (Wildman–Crippen MR) is 67.8 cm³/mol. The summed E-state index contributed by atoms with van der Waals surface area (Å²) in [6.07, 6.45) is 3.60. The van der Waals surface area contributed by atoms with E-state index in [2.05, 4.69) is 29.1 Å². The zero-order valence-electron chi connectivity index (χ0n) is 9.81. The summed E-state index contributed by atoms with van der Waals surface area (Å²) in [5.41, 5.74) is 0. The van der Waals surface area contributed by atoms with Crippen LogP contribution in [0, 0.1) is 0 Å². The molecule has 0 aromatic carbocycles. The molecule has 0 radical (unpaired) electrons. The van der Waals surface area contributed by atoms with Crippen LogP contribution in [0.1, 0.15) is 26.7 Å². The van der Waals surface area contributed by atoms with E-state index in [1.165, 1.54) is 0 Å². The van der Waals surface area contributed by atoms with Gasteiger partial charge in [-0.1, -0.05) is 13.8 Å². The average Bonchev–Trinajstić information content (AvgIpc) is 2.27. The molecule has 0 aliphatic heterocycles. The molecule has 0 spiro atoms. The topological polar surface area (TPSA) is 58.0 Å². The van der Waals surface area contributed by atoms with Gasteiger partial charge in [-0.25, -0.2) is 9.97 Å². The average molecular weight is 241 g/mol. The first-order chi connectivity index (χ1) is 7.76. The van der Waals surface area contributed by atoms with Gasteiger partial charge in [-0.15, -0.1) is 11.8 Å². The summed E-state index contributed by atoms with van der Waals surface area (Å²) in [5.74, 6) is 0.683. The lowest BCUT2D eigenvalue weighted by atomic mass is 10.3. The van der Waals surface area contributed by atoms with Gasteiger partial charge in [-0.2, -0.15) is 0 Å². The third-order valence-electron chi connectivity index (χ3n) is 2.02. The normalized spacial score (nSPS) is 12.4. The summed E-state index contributed by atoms with van der Waals surface area (Å²) in [5, 5.41) is 13.3. The van der Waals surface area contributed by atoms with Crippen LogP contribution in [0.4, 0.5) is 5.95 Å². The van der Waals surface area contributed by atoms with E-state index < -0.39 is 0 Å². The third kappa shape index (κ3) is 4.81. The van der Waals surface area contributed by atoms with E-state index in [0.29, 0.717) is 11.2 Å². The maximum Gasteiger partial charge on any atom is 0.223 e. The van der Waals surface area contributed by atoms with Crippen LogP contribution in [0.15, 0.2) is 17.3 Å². The maximum atomic E-state index is 8.83. The van der Waals surface area contributed by atoms with E-state index in [1.807, 2.05) is 6.07 Å². The van der Waals surface area contributed by atoms with Gasteiger partial charge in [-0.05, 0) is 18.9 Å². The van der Waals surface area contributed by atoms with E-state index in [0.717, 1.165) is 24.4 Å². The summed E-state index contributed by atoms with van der Waals surface area (Å²) >= 11 is 1.66. The van der Waals surface area contributed by atoms with Gasteiger partial charge in [-0.3, -0.25) is 0 Å². The number of aliphatic hydroxyl groups is 1. The first-order valence-corrected chi connectivity index (χ1v) is 6.48. The number of thioether (sulfide) groups is 1. The van der Waals surface area contributed by atoms with Crippen molar-refractivity contribution in [2.45, 2.75) is 37.0 Å². The summed E-state index contributed by atoms with van der Waals surface area (Å²) in [6.45, 7) is 5.30. The highest BCUT2D eigenvalue weighted by Gasteiger charge is 2.05. The third-order valence-corrected chi connectivity index (χ3v) is 3.13. The molecule has 5 heteroatoms. The first kappa shape index (κ1) is 13.3. The molecular weight excluding hydrogens is 222 g/mol. The molecule has 0 aliphatic carbocycles. The van der Waals surface area contributed by atoms with Crippen molar-refractivity contribution in [3.63, 3.8) is 0 Å². The Labute approximate surface area is 101 Å². The van der Waals surface area contributed by atoms with Gasteiger partial charge in [0.25, 0.3) is 0 Å². The lowest BCUT2D eigenvalue weighted by molar-refractivity contribution is 0.289. The molecule has 0 aliphatic rings. The molecule has 2 N–H and O–H groups in total. The summed E-state index contributed by atoms with van der Waals surface area (Å²) < 4.78 is 0. The van der Waals surface area contributed by atoms with Gasteiger partial charge in [0, 0.05) is 24.6 Å². The Balaban J connectivity index is 2.52. The van der Waals surface area contributed by atoms with E-state index >= 15 is 0 Å². The van der Waals surface area contributed by atoms with E-state index in [4.69, 9.17) is 5.11 Å². The van der Waals surface area contributed by atoms with Crippen LogP contribution >= 0.6 is 11.8 Å². The Hall–Kier alpha value is -0.810. The van der Waals surface area contributed by atoms with E-state index in [9.17, 15) is 0 Å². The summed E-state index contributed by atoms with van der Waals surface area (Å²) in [4.78, 5) is 8.54. The largest absolute Gasteiger partial charge is 0.396 e. The van der Waals surface area contributed by atoms with Crippen LogP contribution in [-0.2, 0) is 0 Å². The minimum absolute atomic E-state index is 0.222. The first-order valence-electron chi connectivity index (χ1n) is 5.60. The van der Waals surface area contributed by atoms with Crippen molar-refractivity contribution in [2.24, 2.45) is 0 Å². The van der Waals surface area contributed by atoms with Crippen molar-refractivity contribution in [1.82, 2.24) is 9.97 Å². The minimum Gasteiger partial charge on any atom is -0.396 e. The number of aromatic nitrogens is 2. The van der Waals surface area contributed by atoms with Gasteiger partial charge < -0.3 is 10.4 Å². The van der Waals surface area contributed by atoms with Crippen molar-refractivity contribution in [2.75, 3.05) is 18.5 Å². The van der Waals surface area contributed by atoms with Gasteiger partial charge in [0.1, 0.15) is 5.03 Å².